The molecule has 2 rings (SSSR count). The highest BCUT2D eigenvalue weighted by molar-refractivity contribution is 5.26. The largest absolute Gasteiger partial charge is 0.369 e. The van der Waals surface area contributed by atoms with Gasteiger partial charge in [0.15, 0.2) is 5.95 Å². The van der Waals surface area contributed by atoms with Gasteiger partial charge in [-0.3, -0.25) is 0 Å². The Bertz CT molecular complexity index is 468. The Kier molecular flexibility index (Phi) is 3.47. The number of hydrogen-bond acceptors (Lipinski definition) is 2. The average molecular weight is 229 g/mol. The predicted octanol–water partition coefficient (Wildman–Crippen LogP) is 2.90. The minimum absolute atomic E-state index is 0.496. The summed E-state index contributed by atoms with van der Waals surface area (Å²) in [6.45, 7) is 4.42. The molecule has 0 unspecified atom stereocenters. The highest BCUT2D eigenvalue weighted by Gasteiger charge is 2.01. The summed E-state index contributed by atoms with van der Waals surface area (Å²) in [7, 11) is 0. The normalized spacial score (nSPS) is 11.0. The van der Waals surface area contributed by atoms with Crippen LogP contribution in [0.5, 0.6) is 0 Å². The molecule has 3 nitrogen and oxygen atoms in total. The van der Waals surface area contributed by atoms with Crippen molar-refractivity contribution in [1.29, 1.82) is 0 Å². The number of nitrogens with one attached hydrogen (secondary N) is 1. The zero-order valence-electron chi connectivity index (χ0n) is 10.4. The van der Waals surface area contributed by atoms with Gasteiger partial charge >= 0.3 is 0 Å². The molecule has 0 radical (unpaired) electrons. The molecule has 17 heavy (non-hydrogen) atoms. The van der Waals surface area contributed by atoms with Crippen molar-refractivity contribution in [2.24, 2.45) is 0 Å². The van der Waals surface area contributed by atoms with Gasteiger partial charge in [-0.1, -0.05) is 38.1 Å². The summed E-state index contributed by atoms with van der Waals surface area (Å²) >= 11 is 0. The molecule has 0 bridgehead atoms. The lowest BCUT2D eigenvalue weighted by atomic mass is 10.00. The molecule has 0 spiro atoms. The number of aromatic nitrogens is 2. The molecular formula is C14H19N3. The third-order valence-corrected chi connectivity index (χ3v) is 2.98. The summed E-state index contributed by atoms with van der Waals surface area (Å²) in [5.74, 6) is 1.09. The Balaban J connectivity index is 1.95. The van der Waals surface area contributed by atoms with Crippen molar-refractivity contribution < 1.29 is 0 Å². The first-order valence-electron chi connectivity index (χ1n) is 6.03. The second-order valence-corrected chi connectivity index (χ2v) is 4.69. The van der Waals surface area contributed by atoms with Crippen LogP contribution in [-0.4, -0.2) is 9.97 Å². The minimum Gasteiger partial charge on any atom is -0.369 e. The first-order valence-corrected chi connectivity index (χ1v) is 6.03. The van der Waals surface area contributed by atoms with Gasteiger partial charge in [-0.05, 0) is 29.9 Å². The van der Waals surface area contributed by atoms with Gasteiger partial charge < -0.3 is 10.7 Å². The summed E-state index contributed by atoms with van der Waals surface area (Å²) in [5, 5.41) is 0. The van der Waals surface area contributed by atoms with Gasteiger partial charge in [0.1, 0.15) is 0 Å². The Hall–Kier alpha value is -1.77. The van der Waals surface area contributed by atoms with Crippen molar-refractivity contribution in [2.75, 3.05) is 5.73 Å². The van der Waals surface area contributed by atoms with Crippen molar-refractivity contribution >= 4 is 5.95 Å². The van der Waals surface area contributed by atoms with Gasteiger partial charge in [-0.15, -0.1) is 0 Å². The van der Waals surface area contributed by atoms with E-state index >= 15 is 0 Å². The molecule has 0 saturated heterocycles. The van der Waals surface area contributed by atoms with E-state index in [0.29, 0.717) is 11.9 Å². The summed E-state index contributed by atoms with van der Waals surface area (Å²) in [4.78, 5) is 7.03. The van der Waals surface area contributed by atoms with E-state index in [2.05, 4.69) is 48.1 Å². The predicted molar refractivity (Wildman–Crippen MR) is 70.9 cm³/mol. The maximum atomic E-state index is 5.53. The lowest BCUT2D eigenvalue weighted by Crippen LogP contribution is -1.94. The first kappa shape index (κ1) is 11.7. The number of benzene rings is 1. The second kappa shape index (κ2) is 5.04. The number of hydrogen-bond donors (Lipinski definition) is 2. The number of anilines is 1. The molecule has 1 heterocycles. The fraction of sp³-hybridized carbons (Fsp3) is 0.357. The SMILES string of the molecule is CC(C)c1ccc(CCc2cnc(N)[nH]2)cc1. The molecule has 0 saturated carbocycles. The number of aromatic amines is 1. The highest BCUT2D eigenvalue weighted by Crippen LogP contribution is 2.15. The van der Waals surface area contributed by atoms with Crippen LogP contribution in [0.15, 0.2) is 30.5 Å². The van der Waals surface area contributed by atoms with Crippen molar-refractivity contribution in [2.45, 2.75) is 32.6 Å². The number of imidazole rings is 1. The Morgan fingerprint density at radius 2 is 1.88 bits per heavy atom. The van der Waals surface area contributed by atoms with Crippen LogP contribution in [0.2, 0.25) is 0 Å². The van der Waals surface area contributed by atoms with E-state index in [1.54, 1.807) is 6.20 Å². The van der Waals surface area contributed by atoms with E-state index in [4.69, 9.17) is 5.73 Å². The molecule has 3 heteroatoms. The van der Waals surface area contributed by atoms with Crippen LogP contribution < -0.4 is 5.73 Å². The van der Waals surface area contributed by atoms with Crippen LogP contribution in [0.25, 0.3) is 0 Å². The fourth-order valence-corrected chi connectivity index (χ4v) is 1.85. The Labute approximate surface area is 102 Å². The first-order chi connectivity index (χ1) is 8.15. The van der Waals surface area contributed by atoms with E-state index in [0.717, 1.165) is 18.5 Å². The molecule has 0 amide bonds. The van der Waals surface area contributed by atoms with Crippen LogP contribution >= 0.6 is 0 Å². The van der Waals surface area contributed by atoms with Gasteiger partial charge in [0.2, 0.25) is 0 Å². The lowest BCUT2D eigenvalue weighted by Gasteiger charge is -2.06. The molecule has 0 aliphatic rings. The molecule has 90 valence electrons. The minimum atomic E-state index is 0.496. The third kappa shape index (κ3) is 3.09. The number of nitrogen functional groups attached to an aromatic ring is 1. The van der Waals surface area contributed by atoms with Crippen molar-refractivity contribution in [3.8, 4) is 0 Å². The molecule has 0 aliphatic heterocycles. The number of H-pyrrole nitrogens is 1. The van der Waals surface area contributed by atoms with Gasteiger partial charge in [0.05, 0.1) is 6.20 Å². The molecule has 0 fully saturated rings. The van der Waals surface area contributed by atoms with Crippen LogP contribution in [0.3, 0.4) is 0 Å². The second-order valence-electron chi connectivity index (χ2n) is 4.69. The molecular weight excluding hydrogens is 210 g/mol. The van der Waals surface area contributed by atoms with E-state index in [1.165, 1.54) is 11.1 Å². The summed E-state index contributed by atoms with van der Waals surface area (Å²) in [6.07, 6.45) is 3.77. The van der Waals surface area contributed by atoms with Crippen LogP contribution in [0.1, 0.15) is 36.6 Å². The van der Waals surface area contributed by atoms with Crippen LogP contribution in [-0.2, 0) is 12.8 Å². The fourth-order valence-electron chi connectivity index (χ4n) is 1.85. The van der Waals surface area contributed by atoms with Crippen LogP contribution in [0.4, 0.5) is 5.95 Å². The monoisotopic (exact) mass is 229 g/mol. The molecule has 3 N–H and O–H groups in total. The molecule has 2 aromatic rings. The zero-order chi connectivity index (χ0) is 12.3. The lowest BCUT2D eigenvalue weighted by molar-refractivity contribution is 0.861. The van der Waals surface area contributed by atoms with Gasteiger partial charge in [-0.2, -0.15) is 0 Å². The molecule has 0 atom stereocenters. The highest BCUT2D eigenvalue weighted by atomic mass is 15.0. The van der Waals surface area contributed by atoms with Crippen molar-refractivity contribution in [1.82, 2.24) is 9.97 Å². The third-order valence-electron chi connectivity index (χ3n) is 2.98. The number of rotatable bonds is 4. The van der Waals surface area contributed by atoms with E-state index in [9.17, 15) is 0 Å². The maximum Gasteiger partial charge on any atom is 0.197 e. The number of aryl methyl sites for hydroxylation is 2. The summed E-state index contributed by atoms with van der Waals surface area (Å²) in [6, 6.07) is 8.83. The number of nitrogens with zero attached hydrogens (tertiary/aromatic N) is 1. The quantitative estimate of drug-likeness (QED) is 0.847. The number of nitrogens with two attached hydrogens (primary N) is 1. The molecule has 0 aliphatic carbocycles. The Morgan fingerprint density at radius 3 is 2.41 bits per heavy atom. The van der Waals surface area contributed by atoms with Gasteiger partial charge in [-0.25, -0.2) is 4.98 Å². The van der Waals surface area contributed by atoms with Gasteiger partial charge in [0, 0.05) is 5.69 Å². The van der Waals surface area contributed by atoms with Crippen molar-refractivity contribution in [3.05, 3.63) is 47.3 Å². The summed E-state index contributed by atoms with van der Waals surface area (Å²) in [5.41, 5.74) is 9.37. The van der Waals surface area contributed by atoms with Gasteiger partial charge in [0.25, 0.3) is 0 Å². The zero-order valence-corrected chi connectivity index (χ0v) is 10.4. The topological polar surface area (TPSA) is 54.7 Å². The molecule has 1 aromatic carbocycles. The summed E-state index contributed by atoms with van der Waals surface area (Å²) < 4.78 is 0. The van der Waals surface area contributed by atoms with Crippen molar-refractivity contribution in [3.63, 3.8) is 0 Å². The smallest absolute Gasteiger partial charge is 0.197 e. The van der Waals surface area contributed by atoms with Crippen LogP contribution in [0, 0.1) is 0 Å². The van der Waals surface area contributed by atoms with E-state index in [1.807, 2.05) is 0 Å². The standard InChI is InChI=1S/C14H19N3/c1-10(2)12-6-3-11(4-7-12)5-8-13-9-16-14(15)17-13/h3-4,6-7,9-10H,5,8H2,1-2H3,(H3,15,16,17). The van der Waals surface area contributed by atoms with E-state index < -0.39 is 0 Å². The van der Waals surface area contributed by atoms with E-state index in [-0.39, 0.29) is 0 Å². The Morgan fingerprint density at radius 1 is 1.18 bits per heavy atom. The maximum absolute atomic E-state index is 5.53. The average Bonchev–Trinajstić information content (AvgIpc) is 2.73. The molecule has 1 aromatic heterocycles.